The van der Waals surface area contributed by atoms with Crippen LogP contribution in [0.1, 0.15) is 29.7 Å². The molecule has 0 saturated heterocycles. The van der Waals surface area contributed by atoms with E-state index in [1.165, 1.54) is 6.07 Å². The predicted molar refractivity (Wildman–Crippen MR) is 70.9 cm³/mol. The van der Waals surface area contributed by atoms with E-state index in [4.69, 9.17) is 0 Å². The van der Waals surface area contributed by atoms with Crippen molar-refractivity contribution in [3.63, 3.8) is 0 Å². The molecule has 1 N–H and O–H groups in total. The molecule has 1 aromatic carbocycles. The molecule has 0 aliphatic heterocycles. The van der Waals surface area contributed by atoms with E-state index in [2.05, 4.69) is 10.3 Å². The number of nitrogens with one attached hydrogen (secondary N) is 1. The Hall–Kier alpha value is -1.74. The Morgan fingerprint density at radius 1 is 1.33 bits per heavy atom. The van der Waals surface area contributed by atoms with Crippen LogP contribution in [0.5, 0.6) is 0 Å². The molecule has 1 aromatic heterocycles. The van der Waals surface area contributed by atoms with Crippen LogP contribution in [0.15, 0.2) is 42.7 Å². The van der Waals surface area contributed by atoms with Crippen molar-refractivity contribution in [1.82, 2.24) is 10.3 Å². The summed E-state index contributed by atoms with van der Waals surface area (Å²) in [6, 6.07) is 8.78. The van der Waals surface area contributed by atoms with Gasteiger partial charge in [0.1, 0.15) is 5.82 Å². The first-order valence-electron chi connectivity index (χ1n) is 6.11. The van der Waals surface area contributed by atoms with Gasteiger partial charge in [-0.25, -0.2) is 4.39 Å². The van der Waals surface area contributed by atoms with Gasteiger partial charge >= 0.3 is 0 Å². The molecule has 2 aromatic rings. The molecule has 18 heavy (non-hydrogen) atoms. The molecule has 0 aliphatic carbocycles. The third-order valence-electron chi connectivity index (χ3n) is 2.98. The Labute approximate surface area is 107 Å². The van der Waals surface area contributed by atoms with Gasteiger partial charge in [-0.05, 0) is 48.4 Å². The van der Waals surface area contributed by atoms with Crippen LogP contribution in [0.25, 0.3) is 0 Å². The van der Waals surface area contributed by atoms with Crippen LogP contribution in [0.4, 0.5) is 4.39 Å². The summed E-state index contributed by atoms with van der Waals surface area (Å²) in [6.45, 7) is 4.85. The summed E-state index contributed by atoms with van der Waals surface area (Å²) in [5.41, 5.74) is 3.09. The number of aromatic nitrogens is 1. The van der Waals surface area contributed by atoms with Crippen molar-refractivity contribution in [3.8, 4) is 0 Å². The Morgan fingerprint density at radius 3 is 2.83 bits per heavy atom. The molecular weight excluding hydrogens is 227 g/mol. The highest BCUT2D eigenvalue weighted by Gasteiger charge is 2.15. The first-order chi connectivity index (χ1) is 8.72. The molecule has 3 heteroatoms. The molecule has 1 atom stereocenters. The van der Waals surface area contributed by atoms with Crippen LogP contribution >= 0.6 is 0 Å². The second-order valence-electron chi connectivity index (χ2n) is 4.28. The van der Waals surface area contributed by atoms with Crippen molar-refractivity contribution >= 4 is 0 Å². The van der Waals surface area contributed by atoms with Gasteiger partial charge in [-0.1, -0.05) is 19.1 Å². The Kier molecular flexibility index (Phi) is 4.05. The number of hydrogen-bond donors (Lipinski definition) is 1. The maximum absolute atomic E-state index is 13.4. The molecule has 0 radical (unpaired) electrons. The lowest BCUT2D eigenvalue weighted by molar-refractivity contribution is 0.599. The van der Waals surface area contributed by atoms with E-state index >= 15 is 0 Å². The smallest absolute Gasteiger partial charge is 0.123 e. The SMILES string of the molecule is CCNC(c1cccnc1)c1cc(F)ccc1C. The fourth-order valence-electron chi connectivity index (χ4n) is 2.08. The monoisotopic (exact) mass is 244 g/mol. The molecule has 1 unspecified atom stereocenters. The lowest BCUT2D eigenvalue weighted by Crippen LogP contribution is -2.23. The Bertz CT molecular complexity index is 511. The number of hydrogen-bond acceptors (Lipinski definition) is 2. The summed E-state index contributed by atoms with van der Waals surface area (Å²) in [7, 11) is 0. The predicted octanol–water partition coefficient (Wildman–Crippen LogP) is 3.23. The van der Waals surface area contributed by atoms with Gasteiger partial charge < -0.3 is 5.32 Å². The van der Waals surface area contributed by atoms with E-state index in [1.54, 1.807) is 12.3 Å². The third-order valence-corrected chi connectivity index (χ3v) is 2.98. The minimum Gasteiger partial charge on any atom is -0.306 e. The van der Waals surface area contributed by atoms with E-state index in [0.717, 1.165) is 23.2 Å². The third kappa shape index (κ3) is 2.74. The first kappa shape index (κ1) is 12.7. The fraction of sp³-hybridized carbons (Fsp3) is 0.267. The van der Waals surface area contributed by atoms with Gasteiger partial charge in [-0.15, -0.1) is 0 Å². The van der Waals surface area contributed by atoms with Gasteiger partial charge in [0, 0.05) is 12.4 Å². The van der Waals surface area contributed by atoms with Crippen LogP contribution in [0.3, 0.4) is 0 Å². The van der Waals surface area contributed by atoms with Crippen molar-refractivity contribution in [2.75, 3.05) is 6.54 Å². The average Bonchev–Trinajstić information content (AvgIpc) is 2.40. The van der Waals surface area contributed by atoms with Crippen LogP contribution in [0, 0.1) is 12.7 Å². The normalized spacial score (nSPS) is 12.4. The van der Waals surface area contributed by atoms with Gasteiger partial charge in [-0.3, -0.25) is 4.98 Å². The van der Waals surface area contributed by atoms with Crippen molar-refractivity contribution < 1.29 is 4.39 Å². The molecule has 0 amide bonds. The van der Waals surface area contributed by atoms with Crippen LogP contribution < -0.4 is 5.32 Å². The van der Waals surface area contributed by atoms with E-state index < -0.39 is 0 Å². The zero-order chi connectivity index (χ0) is 13.0. The van der Waals surface area contributed by atoms with Gasteiger partial charge in [0.25, 0.3) is 0 Å². The van der Waals surface area contributed by atoms with Crippen LogP contribution in [-0.4, -0.2) is 11.5 Å². The van der Waals surface area contributed by atoms with Crippen molar-refractivity contribution in [3.05, 3.63) is 65.2 Å². The van der Waals surface area contributed by atoms with E-state index in [0.29, 0.717) is 0 Å². The second-order valence-corrected chi connectivity index (χ2v) is 4.28. The highest BCUT2D eigenvalue weighted by Crippen LogP contribution is 2.25. The quantitative estimate of drug-likeness (QED) is 0.893. The maximum Gasteiger partial charge on any atom is 0.123 e. The number of halogens is 1. The van der Waals surface area contributed by atoms with Crippen molar-refractivity contribution in [2.24, 2.45) is 0 Å². The maximum atomic E-state index is 13.4. The highest BCUT2D eigenvalue weighted by molar-refractivity contribution is 5.36. The number of nitrogens with zero attached hydrogens (tertiary/aromatic N) is 1. The van der Waals surface area contributed by atoms with Crippen molar-refractivity contribution in [2.45, 2.75) is 19.9 Å². The van der Waals surface area contributed by atoms with Crippen molar-refractivity contribution in [1.29, 1.82) is 0 Å². The number of rotatable bonds is 4. The summed E-state index contributed by atoms with van der Waals surface area (Å²) in [6.07, 6.45) is 3.56. The van der Waals surface area contributed by atoms with E-state index in [9.17, 15) is 4.39 Å². The topological polar surface area (TPSA) is 24.9 Å². The molecule has 0 bridgehead atoms. The van der Waals surface area contributed by atoms with E-state index in [1.807, 2.05) is 38.2 Å². The standard InChI is InChI=1S/C15H17FN2/c1-3-18-15(12-5-4-8-17-10-12)14-9-13(16)7-6-11(14)2/h4-10,15,18H,3H2,1-2H3. The summed E-state index contributed by atoms with van der Waals surface area (Å²) in [4.78, 5) is 4.13. The fourth-order valence-corrected chi connectivity index (χ4v) is 2.08. The molecule has 0 fully saturated rings. The number of pyridine rings is 1. The lowest BCUT2D eigenvalue weighted by Gasteiger charge is -2.20. The molecule has 2 rings (SSSR count). The highest BCUT2D eigenvalue weighted by atomic mass is 19.1. The number of benzene rings is 1. The van der Waals surface area contributed by atoms with Gasteiger partial charge in [0.15, 0.2) is 0 Å². The van der Waals surface area contributed by atoms with Gasteiger partial charge in [-0.2, -0.15) is 0 Å². The number of aryl methyl sites for hydroxylation is 1. The Morgan fingerprint density at radius 2 is 2.17 bits per heavy atom. The minimum atomic E-state index is -0.206. The summed E-state index contributed by atoms with van der Waals surface area (Å²) in [5, 5.41) is 3.38. The zero-order valence-electron chi connectivity index (χ0n) is 10.7. The molecule has 0 spiro atoms. The summed E-state index contributed by atoms with van der Waals surface area (Å²) in [5.74, 6) is -0.206. The van der Waals surface area contributed by atoms with Crippen LogP contribution in [0.2, 0.25) is 0 Å². The molecule has 94 valence electrons. The molecule has 0 saturated carbocycles. The first-order valence-corrected chi connectivity index (χ1v) is 6.11. The van der Waals surface area contributed by atoms with Gasteiger partial charge in [0.2, 0.25) is 0 Å². The Balaban J connectivity index is 2.44. The summed E-state index contributed by atoms with van der Waals surface area (Å²) >= 11 is 0. The molecular formula is C15H17FN2. The summed E-state index contributed by atoms with van der Waals surface area (Å²) < 4.78 is 13.4. The molecule has 0 aliphatic rings. The lowest BCUT2D eigenvalue weighted by atomic mass is 9.96. The van der Waals surface area contributed by atoms with E-state index in [-0.39, 0.29) is 11.9 Å². The second kappa shape index (κ2) is 5.74. The minimum absolute atomic E-state index is 0.0144. The zero-order valence-corrected chi connectivity index (χ0v) is 10.7. The van der Waals surface area contributed by atoms with Gasteiger partial charge in [0.05, 0.1) is 6.04 Å². The molecule has 2 nitrogen and oxygen atoms in total. The largest absolute Gasteiger partial charge is 0.306 e. The van der Waals surface area contributed by atoms with Crippen LogP contribution in [-0.2, 0) is 0 Å². The molecule has 1 heterocycles. The average molecular weight is 244 g/mol.